The maximum atomic E-state index is 13.8. The third kappa shape index (κ3) is 2.94. The third-order valence-corrected chi connectivity index (χ3v) is 3.50. The van der Waals surface area contributed by atoms with E-state index in [2.05, 4.69) is 5.32 Å². The first-order chi connectivity index (χ1) is 9.02. The SMILES string of the molecule is CNC(c1ccc(Cl)c(C)c1)c1cc(F)ccc1F. The van der Waals surface area contributed by atoms with Gasteiger partial charge in [-0.1, -0.05) is 23.7 Å². The molecule has 0 aliphatic heterocycles. The molecule has 0 fully saturated rings. The Hall–Kier alpha value is -1.45. The molecule has 0 bridgehead atoms. The van der Waals surface area contributed by atoms with Crippen LogP contribution in [0.25, 0.3) is 0 Å². The Kier molecular flexibility index (Phi) is 4.17. The van der Waals surface area contributed by atoms with Crippen molar-refractivity contribution in [3.8, 4) is 0 Å². The van der Waals surface area contributed by atoms with Gasteiger partial charge < -0.3 is 5.32 Å². The van der Waals surface area contributed by atoms with Crippen LogP contribution in [0, 0.1) is 18.6 Å². The van der Waals surface area contributed by atoms with Crippen LogP contribution in [-0.4, -0.2) is 7.05 Å². The number of halogens is 3. The van der Waals surface area contributed by atoms with Crippen LogP contribution in [0.15, 0.2) is 36.4 Å². The van der Waals surface area contributed by atoms with E-state index in [0.717, 1.165) is 23.3 Å². The van der Waals surface area contributed by atoms with Gasteiger partial charge in [-0.3, -0.25) is 0 Å². The van der Waals surface area contributed by atoms with Gasteiger partial charge in [0.1, 0.15) is 11.6 Å². The molecule has 0 heterocycles. The van der Waals surface area contributed by atoms with Gasteiger partial charge in [-0.15, -0.1) is 0 Å². The topological polar surface area (TPSA) is 12.0 Å². The van der Waals surface area contributed by atoms with Crippen molar-refractivity contribution in [2.45, 2.75) is 13.0 Å². The summed E-state index contributed by atoms with van der Waals surface area (Å²) >= 11 is 5.98. The minimum Gasteiger partial charge on any atom is -0.309 e. The Morgan fingerprint density at radius 1 is 1.11 bits per heavy atom. The average molecular weight is 282 g/mol. The predicted octanol–water partition coefficient (Wildman–Crippen LogP) is 4.24. The largest absolute Gasteiger partial charge is 0.309 e. The Morgan fingerprint density at radius 3 is 2.47 bits per heavy atom. The fourth-order valence-electron chi connectivity index (χ4n) is 2.09. The zero-order valence-corrected chi connectivity index (χ0v) is 11.4. The second kappa shape index (κ2) is 5.68. The molecule has 0 aromatic heterocycles. The molecule has 0 aliphatic rings. The van der Waals surface area contributed by atoms with Crippen LogP contribution >= 0.6 is 11.6 Å². The molecule has 4 heteroatoms. The fraction of sp³-hybridized carbons (Fsp3) is 0.200. The summed E-state index contributed by atoms with van der Waals surface area (Å²) in [4.78, 5) is 0. The van der Waals surface area contributed by atoms with Gasteiger partial charge in [0.25, 0.3) is 0 Å². The lowest BCUT2D eigenvalue weighted by molar-refractivity contribution is 0.558. The van der Waals surface area contributed by atoms with Gasteiger partial charge in [0.05, 0.1) is 6.04 Å². The van der Waals surface area contributed by atoms with Gasteiger partial charge >= 0.3 is 0 Å². The number of rotatable bonds is 3. The van der Waals surface area contributed by atoms with E-state index in [1.165, 1.54) is 6.07 Å². The number of hydrogen-bond donors (Lipinski definition) is 1. The van der Waals surface area contributed by atoms with E-state index in [4.69, 9.17) is 11.6 Å². The van der Waals surface area contributed by atoms with E-state index in [-0.39, 0.29) is 5.56 Å². The summed E-state index contributed by atoms with van der Waals surface area (Å²) in [5.41, 5.74) is 2.02. The number of hydrogen-bond acceptors (Lipinski definition) is 1. The van der Waals surface area contributed by atoms with E-state index in [0.29, 0.717) is 5.02 Å². The highest BCUT2D eigenvalue weighted by molar-refractivity contribution is 6.31. The highest BCUT2D eigenvalue weighted by Gasteiger charge is 2.17. The smallest absolute Gasteiger partial charge is 0.128 e. The molecule has 2 rings (SSSR count). The number of benzene rings is 2. The summed E-state index contributed by atoms with van der Waals surface area (Å²) < 4.78 is 27.1. The normalized spacial score (nSPS) is 12.5. The highest BCUT2D eigenvalue weighted by atomic mass is 35.5. The van der Waals surface area contributed by atoms with Crippen molar-refractivity contribution in [2.24, 2.45) is 0 Å². The van der Waals surface area contributed by atoms with Gasteiger partial charge in [0.2, 0.25) is 0 Å². The summed E-state index contributed by atoms with van der Waals surface area (Å²) in [5.74, 6) is -0.893. The second-order valence-electron chi connectivity index (χ2n) is 4.40. The first kappa shape index (κ1) is 14.0. The number of nitrogens with one attached hydrogen (secondary N) is 1. The minimum absolute atomic E-state index is 0.282. The Bertz CT molecular complexity index is 599. The van der Waals surface area contributed by atoms with Crippen LogP contribution < -0.4 is 5.32 Å². The quantitative estimate of drug-likeness (QED) is 0.887. The van der Waals surface area contributed by atoms with Crippen LogP contribution in [0.5, 0.6) is 0 Å². The van der Waals surface area contributed by atoms with Crippen molar-refractivity contribution in [2.75, 3.05) is 7.05 Å². The summed E-state index contributed by atoms with van der Waals surface area (Å²) in [6.07, 6.45) is 0. The summed E-state index contributed by atoms with van der Waals surface area (Å²) in [5, 5.41) is 3.65. The first-order valence-corrected chi connectivity index (χ1v) is 6.29. The van der Waals surface area contributed by atoms with Crippen molar-refractivity contribution in [1.82, 2.24) is 5.32 Å². The number of aryl methyl sites for hydroxylation is 1. The van der Waals surface area contributed by atoms with Gasteiger partial charge in [-0.2, -0.15) is 0 Å². The van der Waals surface area contributed by atoms with Crippen LogP contribution in [-0.2, 0) is 0 Å². The molecule has 0 radical (unpaired) electrons. The maximum absolute atomic E-state index is 13.8. The molecular weight excluding hydrogens is 268 g/mol. The van der Waals surface area contributed by atoms with Crippen molar-refractivity contribution in [3.05, 3.63) is 69.7 Å². The molecule has 0 saturated heterocycles. The monoisotopic (exact) mass is 281 g/mol. The van der Waals surface area contributed by atoms with Gasteiger partial charge in [0.15, 0.2) is 0 Å². The van der Waals surface area contributed by atoms with Crippen LogP contribution in [0.1, 0.15) is 22.7 Å². The zero-order valence-electron chi connectivity index (χ0n) is 10.7. The predicted molar refractivity (Wildman–Crippen MR) is 73.4 cm³/mol. The molecule has 2 aromatic rings. The summed E-state index contributed by atoms with van der Waals surface area (Å²) in [7, 11) is 1.71. The average Bonchev–Trinajstić information content (AvgIpc) is 2.38. The van der Waals surface area contributed by atoms with Crippen molar-refractivity contribution < 1.29 is 8.78 Å². The Labute approximate surface area is 116 Å². The maximum Gasteiger partial charge on any atom is 0.128 e. The van der Waals surface area contributed by atoms with E-state index in [9.17, 15) is 8.78 Å². The standard InChI is InChI=1S/C15H14ClF2N/c1-9-7-10(3-5-13(9)16)15(19-2)12-8-11(17)4-6-14(12)18/h3-8,15,19H,1-2H3. The first-order valence-electron chi connectivity index (χ1n) is 5.91. The van der Waals surface area contributed by atoms with E-state index in [1.807, 2.05) is 13.0 Å². The third-order valence-electron chi connectivity index (χ3n) is 3.07. The van der Waals surface area contributed by atoms with E-state index < -0.39 is 17.7 Å². The molecule has 100 valence electrons. The highest BCUT2D eigenvalue weighted by Crippen LogP contribution is 2.27. The van der Waals surface area contributed by atoms with E-state index in [1.54, 1.807) is 19.2 Å². The fourth-order valence-corrected chi connectivity index (χ4v) is 2.20. The van der Waals surface area contributed by atoms with Crippen molar-refractivity contribution in [1.29, 1.82) is 0 Å². The molecule has 0 aliphatic carbocycles. The second-order valence-corrected chi connectivity index (χ2v) is 4.80. The lowest BCUT2D eigenvalue weighted by atomic mass is 9.97. The Balaban J connectivity index is 2.49. The van der Waals surface area contributed by atoms with Gasteiger partial charge in [0, 0.05) is 10.6 Å². The molecule has 2 aromatic carbocycles. The van der Waals surface area contributed by atoms with Gasteiger partial charge in [-0.05, 0) is 49.4 Å². The molecule has 0 saturated carbocycles. The van der Waals surface area contributed by atoms with E-state index >= 15 is 0 Å². The summed E-state index contributed by atoms with van der Waals surface area (Å²) in [6, 6.07) is 8.48. The molecule has 1 unspecified atom stereocenters. The molecular formula is C15H14ClF2N. The van der Waals surface area contributed by atoms with Crippen LogP contribution in [0.2, 0.25) is 5.02 Å². The molecule has 0 spiro atoms. The van der Waals surface area contributed by atoms with Gasteiger partial charge in [-0.25, -0.2) is 8.78 Å². The Morgan fingerprint density at radius 2 is 1.84 bits per heavy atom. The molecule has 1 atom stereocenters. The minimum atomic E-state index is -0.456. The van der Waals surface area contributed by atoms with Crippen LogP contribution in [0.3, 0.4) is 0 Å². The molecule has 1 N–H and O–H groups in total. The van der Waals surface area contributed by atoms with Crippen LogP contribution in [0.4, 0.5) is 8.78 Å². The molecule has 1 nitrogen and oxygen atoms in total. The van der Waals surface area contributed by atoms with Crippen molar-refractivity contribution >= 4 is 11.6 Å². The van der Waals surface area contributed by atoms with Crippen molar-refractivity contribution in [3.63, 3.8) is 0 Å². The lowest BCUT2D eigenvalue weighted by Gasteiger charge is -2.19. The summed E-state index contributed by atoms with van der Waals surface area (Å²) in [6.45, 7) is 1.88. The molecule has 19 heavy (non-hydrogen) atoms. The molecule has 0 amide bonds. The lowest BCUT2D eigenvalue weighted by Crippen LogP contribution is -2.19. The zero-order chi connectivity index (χ0) is 14.0.